The zero-order valence-electron chi connectivity index (χ0n) is 12.7. The molecule has 1 amide bonds. The minimum Gasteiger partial charge on any atom is -0.467 e. The molecule has 22 heavy (non-hydrogen) atoms. The fourth-order valence-corrected chi connectivity index (χ4v) is 2.88. The highest BCUT2D eigenvalue weighted by Gasteiger charge is 2.22. The molecular weight excluding hydrogens is 306 g/mol. The van der Waals surface area contributed by atoms with Gasteiger partial charge in [-0.25, -0.2) is 4.79 Å². The van der Waals surface area contributed by atoms with Gasteiger partial charge in [0.2, 0.25) is 5.91 Å². The van der Waals surface area contributed by atoms with E-state index in [1.165, 1.54) is 7.11 Å². The second-order valence-corrected chi connectivity index (χ2v) is 6.00. The largest absolute Gasteiger partial charge is 0.467 e. The van der Waals surface area contributed by atoms with Gasteiger partial charge in [-0.15, -0.1) is 0 Å². The summed E-state index contributed by atoms with van der Waals surface area (Å²) in [5.74, 6) is -0.712. The van der Waals surface area contributed by atoms with Gasteiger partial charge in [0.05, 0.1) is 17.9 Å². The van der Waals surface area contributed by atoms with E-state index in [1.807, 2.05) is 6.07 Å². The Bertz CT molecular complexity index is 506. The van der Waals surface area contributed by atoms with Crippen molar-refractivity contribution >= 4 is 22.7 Å². The van der Waals surface area contributed by atoms with E-state index in [1.54, 1.807) is 31.2 Å². The summed E-state index contributed by atoms with van der Waals surface area (Å²) < 4.78 is 21.8. The lowest BCUT2D eigenvalue weighted by Crippen LogP contribution is -2.43. The Morgan fingerprint density at radius 2 is 1.95 bits per heavy atom. The van der Waals surface area contributed by atoms with Gasteiger partial charge in [-0.1, -0.05) is 18.2 Å². The molecule has 0 aliphatic carbocycles. The van der Waals surface area contributed by atoms with Crippen LogP contribution in [0.3, 0.4) is 0 Å². The van der Waals surface area contributed by atoms with Gasteiger partial charge in [-0.3, -0.25) is 9.00 Å². The van der Waals surface area contributed by atoms with E-state index in [-0.39, 0.29) is 18.8 Å². The van der Waals surface area contributed by atoms with Crippen LogP contribution in [0, 0.1) is 0 Å². The zero-order chi connectivity index (χ0) is 16.4. The van der Waals surface area contributed by atoms with E-state index < -0.39 is 28.7 Å². The van der Waals surface area contributed by atoms with Crippen LogP contribution in [0.4, 0.5) is 0 Å². The van der Waals surface area contributed by atoms with E-state index in [9.17, 15) is 13.8 Å². The van der Waals surface area contributed by atoms with Crippen LogP contribution in [0.15, 0.2) is 35.2 Å². The summed E-state index contributed by atoms with van der Waals surface area (Å²) in [6.45, 7) is 2.06. The van der Waals surface area contributed by atoms with Gasteiger partial charge in [-0.05, 0) is 25.5 Å². The van der Waals surface area contributed by atoms with Crippen molar-refractivity contribution in [2.75, 3.05) is 26.1 Å². The Kier molecular flexibility index (Phi) is 8.39. The van der Waals surface area contributed by atoms with Gasteiger partial charge >= 0.3 is 5.97 Å². The van der Waals surface area contributed by atoms with Crippen molar-refractivity contribution in [2.24, 2.45) is 0 Å². The summed E-state index contributed by atoms with van der Waals surface area (Å²) in [5, 5.41) is 2.54. The van der Waals surface area contributed by atoms with Crippen molar-refractivity contribution < 1.29 is 23.3 Å². The first-order chi connectivity index (χ1) is 10.6. The molecule has 1 rings (SSSR count). The lowest BCUT2D eigenvalue weighted by Gasteiger charge is -2.16. The third kappa shape index (κ3) is 6.36. The summed E-state index contributed by atoms with van der Waals surface area (Å²) in [7, 11) is 0.0152. The lowest BCUT2D eigenvalue weighted by molar-refractivity contribution is -0.145. The van der Waals surface area contributed by atoms with E-state index in [0.717, 1.165) is 0 Å². The molecule has 0 unspecified atom stereocenters. The Labute approximate surface area is 132 Å². The predicted molar refractivity (Wildman–Crippen MR) is 82.8 cm³/mol. The normalized spacial score (nSPS) is 13.2. The number of rotatable bonds is 9. The van der Waals surface area contributed by atoms with Gasteiger partial charge in [0, 0.05) is 17.3 Å². The van der Waals surface area contributed by atoms with Crippen molar-refractivity contribution in [3.63, 3.8) is 0 Å². The van der Waals surface area contributed by atoms with Crippen LogP contribution in [-0.4, -0.2) is 48.2 Å². The van der Waals surface area contributed by atoms with Crippen molar-refractivity contribution in [2.45, 2.75) is 24.3 Å². The molecule has 0 aliphatic heterocycles. The SMILES string of the molecule is CCOCC(=O)N[C@@H](CC[S@](=O)c1ccccc1)C(=O)OC. The molecule has 0 bridgehead atoms. The number of carbonyl (C=O) groups is 2. The van der Waals surface area contributed by atoms with E-state index in [2.05, 4.69) is 10.1 Å². The van der Waals surface area contributed by atoms with Crippen LogP contribution in [-0.2, 0) is 29.9 Å². The van der Waals surface area contributed by atoms with Gasteiger partial charge in [-0.2, -0.15) is 0 Å². The molecule has 0 aromatic heterocycles. The van der Waals surface area contributed by atoms with Crippen molar-refractivity contribution in [1.29, 1.82) is 0 Å². The maximum atomic E-state index is 12.1. The maximum absolute atomic E-state index is 12.1. The van der Waals surface area contributed by atoms with Crippen molar-refractivity contribution in [1.82, 2.24) is 5.32 Å². The monoisotopic (exact) mass is 327 g/mol. The van der Waals surface area contributed by atoms with Crippen LogP contribution < -0.4 is 5.32 Å². The number of amides is 1. The van der Waals surface area contributed by atoms with Crippen molar-refractivity contribution in [3.05, 3.63) is 30.3 Å². The topological polar surface area (TPSA) is 81.7 Å². The highest BCUT2D eigenvalue weighted by Crippen LogP contribution is 2.08. The summed E-state index contributed by atoms with van der Waals surface area (Å²) in [4.78, 5) is 24.0. The molecule has 7 heteroatoms. The first-order valence-corrected chi connectivity index (χ1v) is 8.28. The van der Waals surface area contributed by atoms with E-state index in [4.69, 9.17) is 4.74 Å². The van der Waals surface area contributed by atoms with Crippen molar-refractivity contribution in [3.8, 4) is 0 Å². The number of hydrogen-bond donors (Lipinski definition) is 1. The standard InChI is InChI=1S/C15H21NO5S/c1-3-21-11-14(17)16-13(15(18)20-2)9-10-22(19)12-7-5-4-6-8-12/h4-8,13H,3,9-11H2,1-2H3,(H,16,17)/t13-,22-/m0/s1. The first kappa shape index (κ1) is 18.3. The molecule has 0 heterocycles. The molecule has 0 aliphatic rings. The molecule has 0 saturated heterocycles. The predicted octanol–water partition coefficient (Wildman–Crippen LogP) is 0.879. The number of hydrogen-bond acceptors (Lipinski definition) is 5. The fourth-order valence-electron chi connectivity index (χ4n) is 1.74. The second kappa shape index (κ2) is 10.1. The quantitative estimate of drug-likeness (QED) is 0.681. The highest BCUT2D eigenvalue weighted by atomic mass is 32.2. The van der Waals surface area contributed by atoms with Crippen LogP contribution in [0.5, 0.6) is 0 Å². The Morgan fingerprint density at radius 1 is 1.27 bits per heavy atom. The Morgan fingerprint density at radius 3 is 2.55 bits per heavy atom. The van der Waals surface area contributed by atoms with E-state index >= 15 is 0 Å². The Balaban J connectivity index is 2.56. The van der Waals surface area contributed by atoms with Gasteiger partial charge in [0.1, 0.15) is 12.6 Å². The number of ether oxygens (including phenoxy) is 2. The highest BCUT2D eigenvalue weighted by molar-refractivity contribution is 7.85. The number of nitrogens with one attached hydrogen (secondary N) is 1. The maximum Gasteiger partial charge on any atom is 0.328 e. The van der Waals surface area contributed by atoms with E-state index in [0.29, 0.717) is 11.5 Å². The minimum atomic E-state index is -1.23. The first-order valence-electron chi connectivity index (χ1n) is 6.96. The minimum absolute atomic E-state index is 0.119. The average molecular weight is 327 g/mol. The molecule has 1 aromatic carbocycles. The van der Waals surface area contributed by atoms with Gasteiger partial charge < -0.3 is 14.8 Å². The summed E-state index contributed by atoms with van der Waals surface area (Å²) in [6.07, 6.45) is 0.228. The summed E-state index contributed by atoms with van der Waals surface area (Å²) in [6, 6.07) is 8.13. The fraction of sp³-hybridized carbons (Fsp3) is 0.467. The molecular formula is C15H21NO5S. The lowest BCUT2D eigenvalue weighted by atomic mass is 10.2. The average Bonchev–Trinajstić information content (AvgIpc) is 2.56. The molecule has 0 radical (unpaired) electrons. The summed E-state index contributed by atoms with van der Waals surface area (Å²) in [5.41, 5.74) is 0. The summed E-state index contributed by atoms with van der Waals surface area (Å²) >= 11 is 0. The van der Waals surface area contributed by atoms with Gasteiger partial charge in [0.15, 0.2) is 0 Å². The molecule has 0 spiro atoms. The zero-order valence-corrected chi connectivity index (χ0v) is 13.6. The molecule has 1 aromatic rings. The Hall–Kier alpha value is -1.73. The van der Waals surface area contributed by atoms with Gasteiger partial charge in [0.25, 0.3) is 0 Å². The molecule has 2 atom stereocenters. The van der Waals surface area contributed by atoms with Crippen LogP contribution >= 0.6 is 0 Å². The molecule has 0 saturated carbocycles. The number of esters is 1. The number of carbonyl (C=O) groups excluding carboxylic acids is 2. The third-order valence-electron chi connectivity index (χ3n) is 2.86. The van der Waals surface area contributed by atoms with Crippen LogP contribution in [0.2, 0.25) is 0 Å². The smallest absolute Gasteiger partial charge is 0.328 e. The second-order valence-electron chi connectivity index (χ2n) is 4.43. The number of methoxy groups -OCH3 is 1. The number of benzene rings is 1. The third-order valence-corrected chi connectivity index (χ3v) is 4.26. The van der Waals surface area contributed by atoms with Crippen LogP contribution in [0.1, 0.15) is 13.3 Å². The molecule has 0 fully saturated rings. The molecule has 1 N–H and O–H groups in total. The molecule has 6 nitrogen and oxygen atoms in total. The molecule has 122 valence electrons. The van der Waals surface area contributed by atoms with Crippen LogP contribution in [0.25, 0.3) is 0 Å².